The van der Waals surface area contributed by atoms with E-state index in [-0.39, 0.29) is 48.4 Å². The maximum Gasteiger partial charge on any atom is 0.431 e. The molecule has 4 rings (SSSR count). The molecule has 0 aromatic heterocycles. The van der Waals surface area contributed by atoms with Crippen LogP contribution in [0.4, 0.5) is 18.9 Å². The molecule has 2 aliphatic rings. The number of hydrogen-bond acceptors (Lipinski definition) is 10. The number of nitrogens with one attached hydrogen (secondary N) is 2. The summed E-state index contributed by atoms with van der Waals surface area (Å²) in [5.74, 6) is -3.96. The van der Waals surface area contributed by atoms with Crippen molar-refractivity contribution in [2.45, 2.75) is 31.5 Å². The number of dihydropyridines is 1. The number of benzene rings is 2. The summed E-state index contributed by atoms with van der Waals surface area (Å²) in [4.78, 5) is 48.9. The van der Waals surface area contributed by atoms with Crippen molar-refractivity contribution in [1.82, 2.24) is 10.6 Å². The second-order valence-corrected chi connectivity index (χ2v) is 9.80. The number of halogens is 3. The Kier molecular flexibility index (Phi) is 9.88. The highest BCUT2D eigenvalue weighted by atomic mass is 19.4. The fraction of sp³-hybridized carbons (Fsp3) is 0.345. The number of rotatable bonds is 12. The number of nitrogens with zero attached hydrogens (tertiary/aromatic N) is 1. The summed E-state index contributed by atoms with van der Waals surface area (Å²) in [6, 6.07) is 11.4. The Morgan fingerprint density at radius 2 is 1.82 bits per heavy atom. The number of allylic oxidation sites excluding steroid dienone is 2. The molecule has 0 bridgehead atoms. The minimum atomic E-state index is -5.07. The summed E-state index contributed by atoms with van der Waals surface area (Å²) in [7, 11) is 0.867. The number of nitro groups is 1. The van der Waals surface area contributed by atoms with Gasteiger partial charge in [0, 0.05) is 17.8 Å². The molecule has 12 nitrogen and oxygen atoms in total. The lowest BCUT2D eigenvalue weighted by Gasteiger charge is -2.31. The molecule has 2 aromatic rings. The zero-order valence-electron chi connectivity index (χ0n) is 23.6. The Hall–Kier alpha value is -4.92. The predicted octanol–water partition coefficient (Wildman–Crippen LogP) is 3.22. The van der Waals surface area contributed by atoms with Gasteiger partial charge in [-0.25, -0.2) is 9.59 Å². The molecule has 2 aliphatic heterocycles. The molecule has 2 heterocycles. The molecule has 15 heteroatoms. The van der Waals surface area contributed by atoms with E-state index in [1.165, 1.54) is 19.1 Å². The van der Waals surface area contributed by atoms with Crippen LogP contribution in [0.1, 0.15) is 24.0 Å². The Morgan fingerprint density at radius 1 is 1.11 bits per heavy atom. The highest BCUT2D eigenvalue weighted by Crippen LogP contribution is 2.43. The molecule has 2 unspecified atom stereocenters. The molecule has 0 radical (unpaired) electrons. The van der Waals surface area contributed by atoms with Gasteiger partial charge in [0.25, 0.3) is 5.69 Å². The van der Waals surface area contributed by atoms with E-state index in [0.29, 0.717) is 24.5 Å². The van der Waals surface area contributed by atoms with Gasteiger partial charge in [0.1, 0.15) is 30.8 Å². The minimum absolute atomic E-state index is 0.0243. The maximum atomic E-state index is 14.0. The van der Waals surface area contributed by atoms with E-state index in [0.717, 1.165) is 19.2 Å². The maximum absolute atomic E-state index is 14.0. The number of non-ortho nitro benzene ring substituents is 1. The standard InChI is InChI=1S/C29H28F3N3O9/c1-16-23(28(38)42-11-10-33-22(36)12-17-6-8-20(9-7-17)43-14-21-15-44-21)24(18-4-3-5-19(13-18)35(39)40)25(27(37)41-2)26(34-16)29(30,31)32/h3-9,13,21,24,34H,10-12,14-15H2,1-2H3,(H,33,36). The molecule has 2 atom stereocenters. The fourth-order valence-electron chi connectivity index (χ4n) is 4.52. The normalized spacial score (nSPS) is 17.8. The van der Waals surface area contributed by atoms with Crippen LogP contribution in [0.3, 0.4) is 0 Å². The Bertz CT molecular complexity index is 1500. The first-order valence-corrected chi connectivity index (χ1v) is 13.3. The van der Waals surface area contributed by atoms with E-state index >= 15 is 0 Å². The molecule has 0 spiro atoms. The molecule has 0 saturated carbocycles. The number of carbonyl (C=O) groups excluding carboxylic acids is 3. The summed E-state index contributed by atoms with van der Waals surface area (Å²) in [6.45, 7) is 1.81. The third-order valence-electron chi connectivity index (χ3n) is 6.67. The van der Waals surface area contributed by atoms with Gasteiger partial charge in [0.2, 0.25) is 5.91 Å². The van der Waals surface area contributed by atoms with Gasteiger partial charge in [0.15, 0.2) is 0 Å². The molecule has 0 aliphatic carbocycles. The van der Waals surface area contributed by atoms with Gasteiger partial charge in [-0.3, -0.25) is 14.9 Å². The molecule has 1 fully saturated rings. The van der Waals surface area contributed by atoms with Crippen molar-refractivity contribution >= 4 is 23.5 Å². The number of amides is 1. The zero-order chi connectivity index (χ0) is 32.0. The van der Waals surface area contributed by atoms with Crippen molar-refractivity contribution in [3.8, 4) is 5.75 Å². The van der Waals surface area contributed by atoms with Gasteiger partial charge in [-0.05, 0) is 30.2 Å². The molecule has 2 aromatic carbocycles. The summed E-state index contributed by atoms with van der Waals surface area (Å²) >= 11 is 0. The van der Waals surface area contributed by atoms with Crippen LogP contribution in [0.2, 0.25) is 0 Å². The number of methoxy groups -OCH3 is 1. The van der Waals surface area contributed by atoms with Gasteiger partial charge >= 0.3 is 18.1 Å². The Morgan fingerprint density at radius 3 is 2.43 bits per heavy atom. The Balaban J connectivity index is 1.45. The molecule has 1 saturated heterocycles. The van der Waals surface area contributed by atoms with Crippen LogP contribution < -0.4 is 15.4 Å². The van der Waals surface area contributed by atoms with Crippen molar-refractivity contribution in [3.63, 3.8) is 0 Å². The largest absolute Gasteiger partial charge is 0.491 e. The van der Waals surface area contributed by atoms with Gasteiger partial charge in [-0.2, -0.15) is 13.2 Å². The van der Waals surface area contributed by atoms with Gasteiger partial charge in [0.05, 0.1) is 48.7 Å². The van der Waals surface area contributed by atoms with E-state index in [1.807, 2.05) is 0 Å². The van der Waals surface area contributed by atoms with E-state index in [4.69, 9.17) is 14.2 Å². The lowest BCUT2D eigenvalue weighted by molar-refractivity contribution is -0.384. The van der Waals surface area contributed by atoms with Gasteiger partial charge in [-0.15, -0.1) is 0 Å². The van der Waals surface area contributed by atoms with Crippen molar-refractivity contribution in [3.05, 3.63) is 92.3 Å². The first kappa shape index (κ1) is 32.0. The van der Waals surface area contributed by atoms with E-state index in [2.05, 4.69) is 15.4 Å². The van der Waals surface area contributed by atoms with E-state index in [9.17, 15) is 37.7 Å². The van der Waals surface area contributed by atoms with E-state index < -0.39 is 45.9 Å². The summed E-state index contributed by atoms with van der Waals surface area (Å²) in [5.41, 5.74) is -3.02. The monoisotopic (exact) mass is 619 g/mol. The predicted molar refractivity (Wildman–Crippen MR) is 146 cm³/mol. The SMILES string of the molecule is COC(=O)C1=C(C(F)(F)F)NC(C)=C(C(=O)OCCNC(=O)Cc2ccc(OCC3CO3)cc2)C1c1cccc([N+](=O)[O-])c1. The number of alkyl halides is 3. The molecule has 1 amide bonds. The second kappa shape index (κ2) is 13.6. The number of esters is 2. The lowest BCUT2D eigenvalue weighted by Crippen LogP contribution is -2.38. The molecular weight excluding hydrogens is 591 g/mol. The second-order valence-electron chi connectivity index (χ2n) is 9.80. The molecule has 44 heavy (non-hydrogen) atoms. The molecule has 234 valence electrons. The number of ether oxygens (including phenoxy) is 4. The lowest BCUT2D eigenvalue weighted by atomic mass is 9.80. The first-order valence-electron chi connectivity index (χ1n) is 13.3. The van der Waals surface area contributed by atoms with Crippen molar-refractivity contribution in [2.75, 3.05) is 33.5 Å². The van der Waals surface area contributed by atoms with Gasteiger partial charge < -0.3 is 29.6 Å². The highest BCUT2D eigenvalue weighted by molar-refractivity contribution is 6.00. The van der Waals surface area contributed by atoms with Crippen molar-refractivity contribution in [1.29, 1.82) is 0 Å². The third kappa shape index (κ3) is 7.92. The Labute approximate surface area is 248 Å². The van der Waals surface area contributed by atoms with Crippen LogP contribution in [0.25, 0.3) is 0 Å². The van der Waals surface area contributed by atoms with Crippen LogP contribution in [0, 0.1) is 10.1 Å². The number of nitro benzene ring substituents is 1. The highest BCUT2D eigenvalue weighted by Gasteiger charge is 2.47. The summed E-state index contributed by atoms with van der Waals surface area (Å²) in [6.07, 6.45) is -4.93. The zero-order valence-corrected chi connectivity index (χ0v) is 23.6. The minimum Gasteiger partial charge on any atom is -0.491 e. The average Bonchev–Trinajstić information content (AvgIpc) is 3.82. The van der Waals surface area contributed by atoms with Gasteiger partial charge in [-0.1, -0.05) is 24.3 Å². The van der Waals surface area contributed by atoms with Crippen LogP contribution in [0.5, 0.6) is 5.75 Å². The number of carbonyl (C=O) groups is 3. The topological polar surface area (TPSA) is 159 Å². The number of hydrogen-bond donors (Lipinski definition) is 2. The van der Waals surface area contributed by atoms with Crippen LogP contribution in [-0.4, -0.2) is 68.5 Å². The number of epoxide rings is 1. The third-order valence-corrected chi connectivity index (χ3v) is 6.67. The summed E-state index contributed by atoms with van der Waals surface area (Å²) < 4.78 is 62.6. The fourth-order valence-corrected chi connectivity index (χ4v) is 4.52. The average molecular weight is 620 g/mol. The molecular formula is C29H28F3N3O9. The molecule has 2 N–H and O–H groups in total. The van der Waals surface area contributed by atoms with Crippen LogP contribution >= 0.6 is 0 Å². The van der Waals surface area contributed by atoms with Crippen molar-refractivity contribution < 1.29 is 51.4 Å². The van der Waals surface area contributed by atoms with E-state index in [1.54, 1.807) is 24.3 Å². The first-order chi connectivity index (χ1) is 20.9. The smallest absolute Gasteiger partial charge is 0.431 e. The quantitative estimate of drug-likeness (QED) is 0.119. The van der Waals surface area contributed by atoms with Crippen LogP contribution in [-0.2, 0) is 35.0 Å². The summed E-state index contributed by atoms with van der Waals surface area (Å²) in [5, 5.41) is 16.0. The van der Waals surface area contributed by atoms with Crippen molar-refractivity contribution in [2.24, 2.45) is 0 Å². The van der Waals surface area contributed by atoms with Crippen LogP contribution in [0.15, 0.2) is 71.1 Å².